The summed E-state index contributed by atoms with van der Waals surface area (Å²) in [5, 5.41) is 39.6. The van der Waals surface area contributed by atoms with E-state index in [9.17, 15) is 39.1 Å². The summed E-state index contributed by atoms with van der Waals surface area (Å²) in [4.78, 5) is 71.4. The topological polar surface area (TPSA) is 357 Å². The number of phosphoric acid groups is 2. The molecule has 0 unspecified atom stereocenters. The number of fused-ring (bicyclic) bond motifs is 1. The summed E-state index contributed by atoms with van der Waals surface area (Å²) in [6.07, 6.45) is -7.12. The van der Waals surface area contributed by atoms with Crippen molar-refractivity contribution in [2.75, 3.05) is 18.9 Å². The average molecular weight is 694 g/mol. The number of H-pyrrole nitrogens is 1. The van der Waals surface area contributed by atoms with Crippen molar-refractivity contribution in [2.45, 2.75) is 49.1 Å². The second-order valence-corrected chi connectivity index (χ2v) is 11.7. The molecule has 2 aliphatic rings. The summed E-state index contributed by atoms with van der Waals surface area (Å²) in [6.45, 7) is -1.28. The number of phosphoric ester groups is 2. The molecule has 11 N–H and O–H groups in total. The maximum atomic E-state index is 11.6. The Bertz CT molecular complexity index is 1680. The van der Waals surface area contributed by atoms with Crippen LogP contribution in [-0.2, 0) is 27.7 Å². The van der Waals surface area contributed by atoms with Crippen LogP contribution in [-0.4, -0.2) is 148 Å². The first-order chi connectivity index (χ1) is 20.5. The van der Waals surface area contributed by atoms with Crippen molar-refractivity contribution in [3.63, 3.8) is 0 Å². The Morgan fingerprint density at radius 2 is 1.38 bits per heavy atom. The smallest absolute Gasteiger partial charge is 0.387 e. The molecule has 2 saturated heterocycles. The number of aliphatic hydroxyl groups excluding tert-OH is 4. The molecule has 1 radical (unpaired) electrons. The quantitative estimate of drug-likeness (QED) is 0.0779. The Balaban J connectivity index is 0.000000241. The Morgan fingerprint density at radius 1 is 0.867 bits per heavy atom. The number of rotatable bonds is 8. The van der Waals surface area contributed by atoms with Crippen LogP contribution < -0.4 is 17.0 Å². The zero-order chi connectivity index (χ0) is 32.6. The summed E-state index contributed by atoms with van der Waals surface area (Å²) in [7, 11) is -9.48. The van der Waals surface area contributed by atoms with Gasteiger partial charge in [-0.3, -0.25) is 23.0 Å². The third-order valence-corrected chi connectivity index (χ3v) is 7.22. The Morgan fingerprint density at radius 3 is 1.87 bits per heavy atom. The van der Waals surface area contributed by atoms with Gasteiger partial charge in [0, 0.05) is 35.8 Å². The van der Waals surface area contributed by atoms with Crippen molar-refractivity contribution in [3.05, 3.63) is 45.8 Å². The van der Waals surface area contributed by atoms with Gasteiger partial charge in [0.15, 0.2) is 23.6 Å². The Hall–Kier alpha value is -1.99. The van der Waals surface area contributed by atoms with Crippen LogP contribution in [0.25, 0.3) is 11.2 Å². The first kappa shape index (κ1) is 37.5. The van der Waals surface area contributed by atoms with E-state index >= 15 is 0 Å². The van der Waals surface area contributed by atoms with Crippen LogP contribution in [0.3, 0.4) is 0 Å². The minimum atomic E-state index is -4.74. The number of hydrogen-bond acceptors (Lipinski definition) is 16. The van der Waals surface area contributed by atoms with Crippen molar-refractivity contribution < 1.29 is 67.7 Å². The number of nitrogens with zero attached hydrogens (tertiary/aromatic N) is 5. The van der Waals surface area contributed by atoms with Gasteiger partial charge in [-0.1, -0.05) is 0 Å². The van der Waals surface area contributed by atoms with Crippen molar-refractivity contribution in [1.29, 1.82) is 0 Å². The van der Waals surface area contributed by atoms with E-state index in [0.717, 1.165) is 10.9 Å². The minimum absolute atomic E-state index is 0. The van der Waals surface area contributed by atoms with Gasteiger partial charge in [-0.05, 0) is 6.07 Å². The Labute approximate surface area is 272 Å². The summed E-state index contributed by atoms with van der Waals surface area (Å²) in [5.41, 5.74) is 4.19. The van der Waals surface area contributed by atoms with E-state index in [1.807, 2.05) is 0 Å². The maximum absolute atomic E-state index is 11.6. The van der Waals surface area contributed by atoms with Crippen molar-refractivity contribution in [1.82, 2.24) is 29.1 Å². The van der Waals surface area contributed by atoms with Crippen molar-refractivity contribution in [2.24, 2.45) is 0 Å². The van der Waals surface area contributed by atoms with Crippen LogP contribution in [0.5, 0.6) is 0 Å². The molecule has 0 saturated carbocycles. The third kappa shape index (κ3) is 9.09. The molecule has 23 nitrogen and oxygen atoms in total. The number of nitrogens with one attached hydrogen (secondary N) is 1. The normalized spacial score (nSPS) is 28.4. The van der Waals surface area contributed by atoms with E-state index in [4.69, 9.17) is 34.8 Å². The number of ether oxygens (including phenoxy) is 2. The van der Waals surface area contributed by atoms with E-state index in [1.165, 1.54) is 23.2 Å². The molecular formula is C19H27N7NaO16P2. The van der Waals surface area contributed by atoms with Gasteiger partial charge in [-0.2, -0.15) is 4.98 Å². The molecule has 3 aromatic heterocycles. The molecule has 5 heterocycles. The van der Waals surface area contributed by atoms with Crippen molar-refractivity contribution in [3.8, 4) is 0 Å². The predicted octanol–water partition coefficient (Wildman–Crippen LogP) is -4.98. The second kappa shape index (κ2) is 14.8. The molecule has 2 aliphatic heterocycles. The van der Waals surface area contributed by atoms with Crippen LogP contribution in [0, 0.1) is 0 Å². The largest absolute Gasteiger partial charge is 0.469 e. The number of anilines is 1. The molecule has 3 aromatic rings. The predicted molar refractivity (Wildman–Crippen MR) is 145 cm³/mol. The summed E-state index contributed by atoms with van der Waals surface area (Å²) in [5.74, 6) is -0.0225. The number of hydrogen-bond donors (Lipinski definition) is 10. The molecule has 0 spiro atoms. The van der Waals surface area contributed by atoms with Gasteiger partial charge in [-0.25, -0.2) is 23.9 Å². The molecule has 0 amide bonds. The SMILES string of the molecule is Nc1ccn([C@@H]2O[C@H](COP(=O)(O)O)[C@@H](O)[C@H]2O)c(=O)n1.O=c1[nH]cnc2c1ncn2[C@@H]1O[C@H](COP(=O)(O)O)[C@@H](O)[C@H]1O.[Na]. The van der Waals surface area contributed by atoms with Crippen LogP contribution in [0.1, 0.15) is 12.5 Å². The monoisotopic (exact) mass is 694 g/mol. The van der Waals surface area contributed by atoms with Gasteiger partial charge in [0.1, 0.15) is 42.4 Å². The molecule has 0 aromatic carbocycles. The fraction of sp³-hybridized carbons (Fsp3) is 0.526. The molecular weight excluding hydrogens is 667 g/mol. The van der Waals surface area contributed by atoms with Crippen molar-refractivity contribution >= 4 is 62.2 Å². The summed E-state index contributed by atoms with van der Waals surface area (Å²) in [6, 6.07) is 1.29. The number of aromatic amines is 1. The molecule has 0 bridgehead atoms. The maximum Gasteiger partial charge on any atom is 0.469 e. The van der Waals surface area contributed by atoms with Crippen LogP contribution in [0.15, 0.2) is 34.5 Å². The third-order valence-electron chi connectivity index (χ3n) is 6.25. The molecule has 8 atom stereocenters. The van der Waals surface area contributed by atoms with Gasteiger partial charge in [0.05, 0.1) is 25.9 Å². The van der Waals surface area contributed by atoms with Gasteiger partial charge in [0.2, 0.25) is 0 Å². The fourth-order valence-electron chi connectivity index (χ4n) is 4.20. The molecule has 2 fully saturated rings. The zero-order valence-electron chi connectivity index (χ0n) is 22.9. The average Bonchev–Trinajstić information content (AvgIpc) is 3.57. The van der Waals surface area contributed by atoms with E-state index in [-0.39, 0.29) is 46.5 Å². The molecule has 245 valence electrons. The number of nitrogens with two attached hydrogens (primary N) is 1. The molecule has 45 heavy (non-hydrogen) atoms. The minimum Gasteiger partial charge on any atom is -0.387 e. The Kier molecular flexibility index (Phi) is 12.4. The molecule has 5 rings (SSSR count). The number of imidazole rings is 1. The number of nitrogen functional groups attached to an aromatic ring is 1. The van der Waals surface area contributed by atoms with Gasteiger partial charge in [0.25, 0.3) is 5.56 Å². The second-order valence-electron chi connectivity index (χ2n) is 9.26. The molecule has 26 heteroatoms. The zero-order valence-corrected chi connectivity index (χ0v) is 26.7. The van der Waals surface area contributed by atoms with Crippen LogP contribution >= 0.6 is 15.6 Å². The van der Waals surface area contributed by atoms with Gasteiger partial charge < -0.3 is 60.2 Å². The first-order valence-electron chi connectivity index (χ1n) is 12.1. The van der Waals surface area contributed by atoms with E-state index in [2.05, 4.69) is 29.0 Å². The van der Waals surface area contributed by atoms with Gasteiger partial charge in [-0.15, -0.1) is 0 Å². The van der Waals surface area contributed by atoms with Crippen LogP contribution in [0.2, 0.25) is 0 Å². The van der Waals surface area contributed by atoms with Gasteiger partial charge >= 0.3 is 21.3 Å². The van der Waals surface area contributed by atoms with E-state index in [1.54, 1.807) is 0 Å². The number of aromatic nitrogens is 6. The standard InChI is InChI=1S/C10H13N4O8P.C9H14N3O8P.Na/c15-6-4(1-21-23(18,19)20)22-10(7(6)16)14-3-13-5-8(14)11-2-12-9(5)17;10-5-1-2-12(9(15)11-5)8-7(14)6(13)4(20-8)3-19-21(16,17)18;/h2-4,6-7,10,15-16H,1H2,(H,11,12,17)(H2,18,19,20);1-2,4,6-8,13-14H,3H2,(H2,10,11,15)(H2,16,17,18);/t4-,6-,7-,10-;4-,6-,7-,8-;/m11./s1. The van der Waals surface area contributed by atoms with E-state index < -0.39 is 89.2 Å². The van der Waals surface area contributed by atoms with Crippen LogP contribution in [0.4, 0.5) is 5.82 Å². The number of aliphatic hydroxyl groups is 4. The molecule has 0 aliphatic carbocycles. The fourth-order valence-corrected chi connectivity index (χ4v) is 4.89. The summed E-state index contributed by atoms with van der Waals surface area (Å²) < 4.78 is 42.5. The van der Waals surface area contributed by atoms with E-state index in [0.29, 0.717) is 0 Å². The summed E-state index contributed by atoms with van der Waals surface area (Å²) >= 11 is 0. The first-order valence-corrected chi connectivity index (χ1v) is 15.2.